The number of carbonyl (C=O) groups is 1. The minimum Gasteiger partial charge on any atom is -0.331 e. The Balaban J connectivity index is 1.87. The fraction of sp³-hybridized carbons (Fsp3) is 0.250. The molecule has 1 N–H and O–H groups in total. The van der Waals surface area contributed by atoms with Crippen molar-refractivity contribution in [1.29, 1.82) is 0 Å². The molecule has 0 aliphatic carbocycles. The standard InChI is InChI=1S/C16H17N3O/c20-16-15-7-2-1-5-13(15)11-17-9-10-19(16)12-14-6-3-4-8-18-14/h1-8,17H,9-12H2. The molecule has 0 unspecified atom stereocenters. The third kappa shape index (κ3) is 2.70. The average Bonchev–Trinajstić information content (AvgIpc) is 2.49. The van der Waals surface area contributed by atoms with E-state index in [0.717, 1.165) is 29.9 Å². The molecular weight excluding hydrogens is 250 g/mol. The summed E-state index contributed by atoms with van der Waals surface area (Å²) in [6.07, 6.45) is 1.76. The minimum atomic E-state index is 0.0905. The van der Waals surface area contributed by atoms with Crippen molar-refractivity contribution in [3.8, 4) is 0 Å². The van der Waals surface area contributed by atoms with E-state index in [4.69, 9.17) is 0 Å². The number of nitrogens with zero attached hydrogens (tertiary/aromatic N) is 2. The molecule has 0 atom stereocenters. The number of hydrogen-bond acceptors (Lipinski definition) is 3. The fourth-order valence-corrected chi connectivity index (χ4v) is 2.43. The van der Waals surface area contributed by atoms with Crippen LogP contribution in [0, 0.1) is 0 Å². The molecule has 0 saturated carbocycles. The summed E-state index contributed by atoms with van der Waals surface area (Å²) < 4.78 is 0. The number of carbonyl (C=O) groups excluding carboxylic acids is 1. The minimum absolute atomic E-state index is 0.0905. The van der Waals surface area contributed by atoms with Gasteiger partial charge in [0.1, 0.15) is 0 Å². The molecule has 1 amide bonds. The Morgan fingerprint density at radius 1 is 1.15 bits per heavy atom. The fourth-order valence-electron chi connectivity index (χ4n) is 2.43. The molecule has 0 spiro atoms. The summed E-state index contributed by atoms with van der Waals surface area (Å²) in [7, 11) is 0. The molecule has 2 aromatic rings. The monoisotopic (exact) mass is 267 g/mol. The first-order valence-electron chi connectivity index (χ1n) is 6.82. The van der Waals surface area contributed by atoms with Crippen LogP contribution in [-0.4, -0.2) is 28.9 Å². The van der Waals surface area contributed by atoms with Gasteiger partial charge in [0.2, 0.25) is 0 Å². The number of fused-ring (bicyclic) bond motifs is 1. The second kappa shape index (κ2) is 5.84. The maximum absolute atomic E-state index is 12.7. The van der Waals surface area contributed by atoms with E-state index in [9.17, 15) is 4.79 Å². The van der Waals surface area contributed by atoms with E-state index in [1.165, 1.54) is 0 Å². The summed E-state index contributed by atoms with van der Waals surface area (Å²) in [6.45, 7) is 2.80. The van der Waals surface area contributed by atoms with Crippen molar-refractivity contribution in [3.05, 3.63) is 65.5 Å². The van der Waals surface area contributed by atoms with Crippen molar-refractivity contribution in [2.24, 2.45) is 0 Å². The zero-order chi connectivity index (χ0) is 13.8. The van der Waals surface area contributed by atoms with Crippen LogP contribution in [0.25, 0.3) is 0 Å². The Morgan fingerprint density at radius 2 is 2.00 bits per heavy atom. The number of rotatable bonds is 2. The molecule has 0 saturated heterocycles. The lowest BCUT2D eigenvalue weighted by molar-refractivity contribution is 0.0736. The van der Waals surface area contributed by atoms with Crippen molar-refractivity contribution in [2.75, 3.05) is 13.1 Å². The summed E-state index contributed by atoms with van der Waals surface area (Å²) in [6, 6.07) is 13.6. The molecule has 0 bridgehead atoms. The third-order valence-electron chi connectivity index (χ3n) is 3.49. The van der Waals surface area contributed by atoms with Crippen molar-refractivity contribution < 1.29 is 4.79 Å². The summed E-state index contributed by atoms with van der Waals surface area (Å²) in [4.78, 5) is 18.8. The van der Waals surface area contributed by atoms with Crippen LogP contribution in [0.1, 0.15) is 21.6 Å². The van der Waals surface area contributed by atoms with E-state index in [2.05, 4.69) is 10.3 Å². The quantitative estimate of drug-likeness (QED) is 0.903. The zero-order valence-corrected chi connectivity index (χ0v) is 11.2. The smallest absolute Gasteiger partial charge is 0.254 e. The van der Waals surface area contributed by atoms with Gasteiger partial charge in [0.15, 0.2) is 0 Å². The van der Waals surface area contributed by atoms with Crippen molar-refractivity contribution >= 4 is 5.91 Å². The predicted molar refractivity (Wildman–Crippen MR) is 77.1 cm³/mol. The average molecular weight is 267 g/mol. The Labute approximate surface area is 118 Å². The van der Waals surface area contributed by atoms with Gasteiger partial charge in [-0.25, -0.2) is 0 Å². The first-order chi connectivity index (χ1) is 9.84. The molecule has 2 heterocycles. The number of aromatic nitrogens is 1. The molecule has 3 rings (SSSR count). The van der Waals surface area contributed by atoms with Crippen LogP contribution >= 0.6 is 0 Å². The van der Waals surface area contributed by atoms with Crippen LogP contribution in [0.5, 0.6) is 0 Å². The molecule has 1 aliphatic rings. The number of hydrogen-bond donors (Lipinski definition) is 1. The molecular formula is C16H17N3O. The number of nitrogens with one attached hydrogen (secondary N) is 1. The predicted octanol–water partition coefficient (Wildman–Crippen LogP) is 1.83. The maximum atomic E-state index is 12.7. The van der Waals surface area contributed by atoms with Crippen LogP contribution in [0.3, 0.4) is 0 Å². The molecule has 1 aromatic carbocycles. The van der Waals surface area contributed by atoms with Crippen LogP contribution in [-0.2, 0) is 13.1 Å². The number of amides is 1. The van der Waals surface area contributed by atoms with Gasteiger partial charge < -0.3 is 10.2 Å². The van der Waals surface area contributed by atoms with E-state index < -0.39 is 0 Å². The van der Waals surface area contributed by atoms with Gasteiger partial charge in [0.05, 0.1) is 12.2 Å². The highest BCUT2D eigenvalue weighted by Gasteiger charge is 2.20. The summed E-state index contributed by atoms with van der Waals surface area (Å²) >= 11 is 0. The lowest BCUT2D eigenvalue weighted by atomic mass is 10.0. The highest BCUT2D eigenvalue weighted by molar-refractivity contribution is 5.95. The van der Waals surface area contributed by atoms with Crippen LogP contribution in [0.4, 0.5) is 0 Å². The second-order valence-electron chi connectivity index (χ2n) is 4.88. The van der Waals surface area contributed by atoms with Crippen LogP contribution < -0.4 is 5.32 Å². The third-order valence-corrected chi connectivity index (χ3v) is 3.49. The van der Waals surface area contributed by atoms with E-state index >= 15 is 0 Å². The van der Waals surface area contributed by atoms with Crippen LogP contribution in [0.2, 0.25) is 0 Å². The van der Waals surface area contributed by atoms with E-state index in [1.807, 2.05) is 47.4 Å². The SMILES string of the molecule is O=C1c2ccccc2CNCCN1Cc1ccccn1. The largest absolute Gasteiger partial charge is 0.331 e. The van der Waals surface area contributed by atoms with Gasteiger partial charge >= 0.3 is 0 Å². The Bertz CT molecular complexity index is 598. The van der Waals surface area contributed by atoms with Gasteiger partial charge in [-0.15, -0.1) is 0 Å². The van der Waals surface area contributed by atoms with Gasteiger partial charge in [0, 0.05) is 31.4 Å². The Kier molecular flexibility index (Phi) is 3.74. The molecule has 0 radical (unpaired) electrons. The van der Waals surface area contributed by atoms with E-state index in [-0.39, 0.29) is 5.91 Å². The van der Waals surface area contributed by atoms with Crippen molar-refractivity contribution in [1.82, 2.24) is 15.2 Å². The van der Waals surface area contributed by atoms with Gasteiger partial charge in [-0.1, -0.05) is 24.3 Å². The summed E-state index contributed by atoms with van der Waals surface area (Å²) in [5.41, 5.74) is 2.76. The molecule has 4 heteroatoms. The molecule has 20 heavy (non-hydrogen) atoms. The van der Waals surface area contributed by atoms with E-state index in [0.29, 0.717) is 13.1 Å². The van der Waals surface area contributed by atoms with Gasteiger partial charge in [-0.3, -0.25) is 9.78 Å². The molecule has 1 aliphatic heterocycles. The highest BCUT2D eigenvalue weighted by atomic mass is 16.2. The van der Waals surface area contributed by atoms with E-state index in [1.54, 1.807) is 6.20 Å². The Hall–Kier alpha value is -2.20. The van der Waals surface area contributed by atoms with Crippen molar-refractivity contribution in [2.45, 2.75) is 13.1 Å². The topological polar surface area (TPSA) is 45.2 Å². The first kappa shape index (κ1) is 12.8. The summed E-state index contributed by atoms with van der Waals surface area (Å²) in [5.74, 6) is 0.0905. The van der Waals surface area contributed by atoms with Crippen molar-refractivity contribution in [3.63, 3.8) is 0 Å². The van der Waals surface area contributed by atoms with Gasteiger partial charge in [0.25, 0.3) is 5.91 Å². The summed E-state index contributed by atoms with van der Waals surface area (Å²) in [5, 5.41) is 3.37. The Morgan fingerprint density at radius 3 is 2.85 bits per heavy atom. The molecule has 4 nitrogen and oxygen atoms in total. The van der Waals surface area contributed by atoms with Gasteiger partial charge in [-0.05, 0) is 23.8 Å². The lowest BCUT2D eigenvalue weighted by Gasteiger charge is -2.26. The number of benzene rings is 1. The molecule has 0 fully saturated rings. The van der Waals surface area contributed by atoms with Crippen LogP contribution in [0.15, 0.2) is 48.7 Å². The zero-order valence-electron chi connectivity index (χ0n) is 11.2. The second-order valence-corrected chi connectivity index (χ2v) is 4.88. The molecule has 102 valence electrons. The normalized spacial score (nSPS) is 15.4. The molecule has 1 aromatic heterocycles. The highest BCUT2D eigenvalue weighted by Crippen LogP contribution is 2.15. The van der Waals surface area contributed by atoms with Gasteiger partial charge in [-0.2, -0.15) is 0 Å². The maximum Gasteiger partial charge on any atom is 0.254 e. The lowest BCUT2D eigenvalue weighted by Crippen LogP contribution is -2.39. The first-order valence-corrected chi connectivity index (χ1v) is 6.82. The number of pyridine rings is 1.